The first-order chi connectivity index (χ1) is 9.14. The molecule has 104 valence electrons. The van der Waals surface area contributed by atoms with Gasteiger partial charge in [0.25, 0.3) is 0 Å². The highest BCUT2D eigenvalue weighted by atomic mass is 32.1. The van der Waals surface area contributed by atoms with E-state index in [0.29, 0.717) is 12.8 Å². The number of hydrogen-bond acceptors (Lipinski definition) is 4. The zero-order valence-electron chi connectivity index (χ0n) is 10.9. The monoisotopic (exact) mass is 281 g/mol. The molecule has 0 radical (unpaired) electrons. The molecular weight excluding hydrogens is 262 g/mol. The lowest BCUT2D eigenvalue weighted by Gasteiger charge is -2.39. The Morgan fingerprint density at radius 3 is 2.84 bits per heavy atom. The van der Waals surface area contributed by atoms with Gasteiger partial charge in [-0.1, -0.05) is 24.6 Å². The van der Waals surface area contributed by atoms with E-state index in [4.69, 9.17) is 10.9 Å². The maximum atomic E-state index is 12.4. The van der Waals surface area contributed by atoms with Gasteiger partial charge in [-0.05, 0) is 30.7 Å². The standard InChI is InChI=1S/C13H19N3O2S/c1-2-9(10-5-3-8-19-10)15-12(17)13(6-4-7-13)11(14)16-18/h3,5,8-9,18H,2,4,6-7H2,1H3,(H2,14,16)(H,15,17). The predicted molar refractivity (Wildman–Crippen MR) is 75.2 cm³/mol. The minimum absolute atomic E-state index is 0.00327. The number of nitrogens with two attached hydrogens (primary N) is 1. The Balaban J connectivity index is 2.11. The number of rotatable bonds is 5. The molecule has 1 unspecified atom stereocenters. The van der Waals surface area contributed by atoms with Crippen molar-refractivity contribution in [1.82, 2.24) is 5.32 Å². The van der Waals surface area contributed by atoms with Gasteiger partial charge in [0.1, 0.15) is 5.41 Å². The van der Waals surface area contributed by atoms with Gasteiger partial charge in [0.05, 0.1) is 6.04 Å². The summed E-state index contributed by atoms with van der Waals surface area (Å²) in [6.07, 6.45) is 3.04. The molecular formula is C13H19N3O2S. The molecule has 1 saturated carbocycles. The van der Waals surface area contributed by atoms with Crippen molar-refractivity contribution >= 4 is 23.1 Å². The van der Waals surface area contributed by atoms with Crippen LogP contribution in [0.3, 0.4) is 0 Å². The SMILES string of the molecule is CCC(NC(=O)C1(/C(N)=N/O)CCC1)c1cccs1. The number of thiophene rings is 1. The van der Waals surface area contributed by atoms with Crippen LogP contribution >= 0.6 is 11.3 Å². The summed E-state index contributed by atoms with van der Waals surface area (Å²) in [6, 6.07) is 3.98. The molecule has 6 heteroatoms. The molecule has 1 aromatic rings. The van der Waals surface area contributed by atoms with E-state index in [1.807, 2.05) is 24.4 Å². The highest BCUT2D eigenvalue weighted by Crippen LogP contribution is 2.42. The van der Waals surface area contributed by atoms with Crippen molar-refractivity contribution in [1.29, 1.82) is 0 Å². The van der Waals surface area contributed by atoms with Crippen LogP contribution in [0.1, 0.15) is 43.5 Å². The third-order valence-electron chi connectivity index (χ3n) is 3.84. The summed E-state index contributed by atoms with van der Waals surface area (Å²) in [4.78, 5) is 13.6. The van der Waals surface area contributed by atoms with Gasteiger partial charge in [-0.25, -0.2) is 0 Å². The molecule has 1 amide bonds. The Bertz CT molecular complexity index is 466. The summed E-state index contributed by atoms with van der Waals surface area (Å²) in [5.74, 6) is -0.105. The lowest BCUT2D eigenvalue weighted by molar-refractivity contribution is -0.131. The molecule has 1 fully saturated rings. The fourth-order valence-corrected chi connectivity index (χ4v) is 3.25. The summed E-state index contributed by atoms with van der Waals surface area (Å²) >= 11 is 1.62. The molecule has 0 bridgehead atoms. The molecule has 1 aromatic heterocycles. The largest absolute Gasteiger partial charge is 0.409 e. The number of nitrogens with zero attached hydrogens (tertiary/aromatic N) is 1. The highest BCUT2D eigenvalue weighted by molar-refractivity contribution is 7.10. The summed E-state index contributed by atoms with van der Waals surface area (Å²) in [6.45, 7) is 2.03. The fraction of sp³-hybridized carbons (Fsp3) is 0.538. The Morgan fingerprint density at radius 2 is 2.42 bits per heavy atom. The quantitative estimate of drug-likeness (QED) is 0.335. The highest BCUT2D eigenvalue weighted by Gasteiger charge is 2.48. The van der Waals surface area contributed by atoms with Crippen LogP contribution in [0.2, 0.25) is 0 Å². The first-order valence-electron chi connectivity index (χ1n) is 6.46. The van der Waals surface area contributed by atoms with Crippen molar-refractivity contribution in [2.24, 2.45) is 16.3 Å². The van der Waals surface area contributed by atoms with Crippen LogP contribution in [0.4, 0.5) is 0 Å². The van der Waals surface area contributed by atoms with Gasteiger partial charge < -0.3 is 16.3 Å². The lowest BCUT2D eigenvalue weighted by atomic mass is 9.67. The van der Waals surface area contributed by atoms with Gasteiger partial charge in [-0.2, -0.15) is 0 Å². The molecule has 0 aromatic carbocycles. The van der Waals surface area contributed by atoms with Crippen molar-refractivity contribution in [3.05, 3.63) is 22.4 Å². The van der Waals surface area contributed by atoms with Gasteiger partial charge in [0, 0.05) is 4.88 Å². The molecule has 5 nitrogen and oxygen atoms in total. The van der Waals surface area contributed by atoms with E-state index in [1.165, 1.54) is 0 Å². The lowest BCUT2D eigenvalue weighted by Crippen LogP contribution is -2.54. The normalized spacial score (nSPS) is 19.5. The number of hydrogen-bond donors (Lipinski definition) is 3. The second-order valence-electron chi connectivity index (χ2n) is 4.87. The van der Waals surface area contributed by atoms with Crippen molar-refractivity contribution in [2.75, 3.05) is 0 Å². The van der Waals surface area contributed by atoms with Crippen LogP contribution in [0.15, 0.2) is 22.7 Å². The summed E-state index contributed by atoms with van der Waals surface area (Å²) in [7, 11) is 0. The second-order valence-corrected chi connectivity index (χ2v) is 5.85. The molecule has 0 saturated heterocycles. The molecule has 19 heavy (non-hydrogen) atoms. The van der Waals surface area contributed by atoms with Crippen LogP contribution in [0, 0.1) is 5.41 Å². The van der Waals surface area contributed by atoms with Crippen LogP contribution in [-0.4, -0.2) is 17.0 Å². The number of amidine groups is 1. The van der Waals surface area contributed by atoms with Gasteiger partial charge in [0.2, 0.25) is 5.91 Å². The van der Waals surface area contributed by atoms with Gasteiger partial charge in [-0.15, -0.1) is 11.3 Å². The minimum Gasteiger partial charge on any atom is -0.409 e. The van der Waals surface area contributed by atoms with Crippen LogP contribution in [0.5, 0.6) is 0 Å². The maximum Gasteiger partial charge on any atom is 0.234 e. The third kappa shape index (κ3) is 2.45. The first-order valence-corrected chi connectivity index (χ1v) is 7.34. The molecule has 1 heterocycles. The van der Waals surface area contributed by atoms with E-state index in [9.17, 15) is 4.79 Å². The average molecular weight is 281 g/mol. The van der Waals surface area contributed by atoms with Gasteiger partial charge >= 0.3 is 0 Å². The van der Waals surface area contributed by atoms with E-state index >= 15 is 0 Å². The summed E-state index contributed by atoms with van der Waals surface area (Å²) in [5, 5.41) is 16.9. The molecule has 0 aliphatic heterocycles. The molecule has 1 aliphatic carbocycles. The summed E-state index contributed by atoms with van der Waals surface area (Å²) < 4.78 is 0. The van der Waals surface area contributed by atoms with Gasteiger partial charge in [0.15, 0.2) is 5.84 Å². The van der Waals surface area contributed by atoms with Crippen molar-refractivity contribution < 1.29 is 10.0 Å². The summed E-state index contributed by atoms with van der Waals surface area (Å²) in [5.41, 5.74) is 4.89. The molecule has 1 atom stereocenters. The third-order valence-corrected chi connectivity index (χ3v) is 4.83. The van der Waals surface area contributed by atoms with E-state index in [2.05, 4.69) is 10.5 Å². The van der Waals surface area contributed by atoms with E-state index in [1.54, 1.807) is 11.3 Å². The number of carbonyl (C=O) groups excluding carboxylic acids is 1. The first kappa shape index (κ1) is 13.9. The van der Waals surface area contributed by atoms with Crippen LogP contribution in [0.25, 0.3) is 0 Å². The Hall–Kier alpha value is -1.56. The van der Waals surface area contributed by atoms with Gasteiger partial charge in [-0.3, -0.25) is 4.79 Å². The Morgan fingerprint density at radius 1 is 1.68 bits per heavy atom. The van der Waals surface area contributed by atoms with Crippen molar-refractivity contribution in [3.8, 4) is 0 Å². The van der Waals surface area contributed by atoms with Crippen LogP contribution in [-0.2, 0) is 4.79 Å². The molecule has 4 N–H and O–H groups in total. The van der Waals surface area contributed by atoms with Crippen molar-refractivity contribution in [2.45, 2.75) is 38.6 Å². The van der Waals surface area contributed by atoms with E-state index in [0.717, 1.165) is 17.7 Å². The fourth-order valence-electron chi connectivity index (χ4n) is 2.39. The number of carbonyl (C=O) groups is 1. The molecule has 2 rings (SSSR count). The number of oxime groups is 1. The minimum atomic E-state index is -0.806. The number of amides is 1. The average Bonchev–Trinajstić information content (AvgIpc) is 2.87. The Labute approximate surface area is 116 Å². The maximum absolute atomic E-state index is 12.4. The topological polar surface area (TPSA) is 87.7 Å². The van der Waals surface area contributed by atoms with Crippen LogP contribution < -0.4 is 11.1 Å². The zero-order valence-corrected chi connectivity index (χ0v) is 11.7. The molecule has 1 aliphatic rings. The Kier molecular flexibility index (Phi) is 4.09. The second kappa shape index (κ2) is 5.61. The van der Waals surface area contributed by atoms with E-state index in [-0.39, 0.29) is 17.8 Å². The predicted octanol–water partition coefficient (Wildman–Crippen LogP) is 2.23. The van der Waals surface area contributed by atoms with Crippen molar-refractivity contribution in [3.63, 3.8) is 0 Å². The number of nitrogens with one attached hydrogen (secondary N) is 1. The molecule has 0 spiro atoms. The smallest absolute Gasteiger partial charge is 0.234 e. The van der Waals surface area contributed by atoms with E-state index < -0.39 is 5.41 Å². The zero-order chi connectivity index (χ0) is 13.9.